The highest BCUT2D eigenvalue weighted by atomic mass is 32.1. The molecule has 2 atom stereocenters. The van der Waals surface area contributed by atoms with Crippen LogP contribution in [-0.4, -0.2) is 37.0 Å². The zero-order chi connectivity index (χ0) is 9.14. The van der Waals surface area contributed by atoms with Crippen LogP contribution in [0.25, 0.3) is 0 Å². The van der Waals surface area contributed by atoms with Gasteiger partial charge in [0.2, 0.25) is 5.91 Å². The van der Waals surface area contributed by atoms with Gasteiger partial charge in [-0.1, -0.05) is 13.2 Å². The molecule has 0 aromatic carbocycles. The van der Waals surface area contributed by atoms with Crippen molar-refractivity contribution in [2.45, 2.75) is 25.7 Å². The van der Waals surface area contributed by atoms with Crippen molar-refractivity contribution in [3.05, 3.63) is 0 Å². The van der Waals surface area contributed by atoms with E-state index >= 15 is 0 Å². The largest absolute Gasteiger partial charge is 0.339 e. The van der Waals surface area contributed by atoms with Gasteiger partial charge in [0.25, 0.3) is 0 Å². The molecule has 0 saturated carbocycles. The lowest BCUT2D eigenvalue weighted by Gasteiger charge is -2.24. The Balaban J connectivity index is 2.61. The number of carbonyl (C=O) groups is 1. The summed E-state index contributed by atoms with van der Waals surface area (Å²) >= 11 is 4.23. The van der Waals surface area contributed by atoms with E-state index in [-0.39, 0.29) is 5.91 Å². The summed E-state index contributed by atoms with van der Waals surface area (Å²) in [5.74, 6) is 1.40. The summed E-state index contributed by atoms with van der Waals surface area (Å²) in [6.45, 7) is 2.77. The normalized spacial score (nSPS) is 29.8. The molecule has 12 heavy (non-hydrogen) atoms. The van der Waals surface area contributed by atoms with Crippen molar-refractivity contribution in [3.63, 3.8) is 0 Å². The van der Waals surface area contributed by atoms with Crippen LogP contribution in [0.2, 0.25) is 6.32 Å². The number of rotatable bonds is 3. The van der Waals surface area contributed by atoms with Gasteiger partial charge in [-0.05, 0) is 5.92 Å². The average molecular weight is 183 g/mol. The minimum absolute atomic E-state index is 0.229. The zero-order valence-electron chi connectivity index (χ0n) is 7.36. The maximum absolute atomic E-state index is 11.4. The molecule has 0 aliphatic carbocycles. The average Bonchev–Trinajstić information content (AvgIpc) is 2.28. The van der Waals surface area contributed by atoms with Crippen molar-refractivity contribution in [2.24, 2.45) is 5.92 Å². The van der Waals surface area contributed by atoms with Gasteiger partial charge < -0.3 is 4.90 Å². The van der Waals surface area contributed by atoms with Crippen LogP contribution in [0, 0.1) is 5.92 Å². The molecule has 1 amide bonds. The monoisotopic (exact) mass is 183 g/mol. The topological polar surface area (TPSA) is 20.3 Å². The summed E-state index contributed by atoms with van der Waals surface area (Å²) < 4.78 is 0. The molecule has 2 unspecified atom stereocenters. The van der Waals surface area contributed by atoms with Crippen LogP contribution in [-0.2, 0) is 4.79 Å². The first-order chi connectivity index (χ1) is 5.70. The number of thiol groups is 1. The van der Waals surface area contributed by atoms with Crippen LogP contribution in [0.1, 0.15) is 13.3 Å². The van der Waals surface area contributed by atoms with E-state index in [1.54, 1.807) is 0 Å². The van der Waals surface area contributed by atoms with Gasteiger partial charge in [0.05, 0.1) is 7.85 Å². The second-order valence-electron chi connectivity index (χ2n) is 3.31. The van der Waals surface area contributed by atoms with Crippen LogP contribution >= 0.6 is 12.6 Å². The fraction of sp³-hybridized carbons (Fsp3) is 0.875. The van der Waals surface area contributed by atoms with E-state index in [1.165, 1.54) is 0 Å². The van der Waals surface area contributed by atoms with E-state index in [0.717, 1.165) is 5.75 Å². The maximum atomic E-state index is 11.4. The first-order valence-corrected chi connectivity index (χ1v) is 4.94. The molecule has 1 aliphatic rings. The molecule has 0 spiro atoms. The summed E-state index contributed by atoms with van der Waals surface area (Å²) in [7, 11) is 5.41. The third-order valence-electron chi connectivity index (χ3n) is 2.43. The van der Waals surface area contributed by atoms with Crippen molar-refractivity contribution < 1.29 is 4.79 Å². The van der Waals surface area contributed by atoms with Crippen molar-refractivity contribution in [3.8, 4) is 0 Å². The minimum Gasteiger partial charge on any atom is -0.339 e. The lowest BCUT2D eigenvalue weighted by atomic mass is 10.0. The Hall–Kier alpha value is -0.115. The summed E-state index contributed by atoms with van der Waals surface area (Å²) in [4.78, 5) is 13.2. The molecule has 1 aliphatic heterocycles. The molecule has 0 aromatic rings. The van der Waals surface area contributed by atoms with Crippen molar-refractivity contribution >= 4 is 26.4 Å². The Morgan fingerprint density at radius 3 is 2.92 bits per heavy atom. The van der Waals surface area contributed by atoms with Gasteiger partial charge in [0, 0.05) is 24.8 Å². The SMILES string of the molecule is [B]CCN1C(=O)CC(C)C1CS. The lowest BCUT2D eigenvalue weighted by Crippen LogP contribution is -2.36. The predicted molar refractivity (Wildman–Crippen MR) is 53.7 cm³/mol. The molecule has 1 saturated heterocycles. The molecule has 2 nitrogen and oxygen atoms in total. The minimum atomic E-state index is 0.229. The zero-order valence-corrected chi connectivity index (χ0v) is 8.26. The molecule has 0 N–H and O–H groups in total. The molecular formula is C8H14BNOS. The Kier molecular flexibility index (Phi) is 3.50. The molecule has 2 radical (unpaired) electrons. The molecule has 66 valence electrons. The van der Waals surface area contributed by atoms with Gasteiger partial charge in [0.1, 0.15) is 0 Å². The van der Waals surface area contributed by atoms with Crippen LogP contribution in [0.3, 0.4) is 0 Å². The number of likely N-dealkylation sites (tertiary alicyclic amines) is 1. The summed E-state index contributed by atoms with van der Waals surface area (Å²) in [6, 6.07) is 0.296. The van der Waals surface area contributed by atoms with E-state index in [0.29, 0.717) is 31.2 Å². The van der Waals surface area contributed by atoms with Gasteiger partial charge in [-0.25, -0.2) is 0 Å². The van der Waals surface area contributed by atoms with Crippen LogP contribution in [0.5, 0.6) is 0 Å². The van der Waals surface area contributed by atoms with Crippen LogP contribution in [0.4, 0.5) is 0 Å². The van der Waals surface area contributed by atoms with Gasteiger partial charge in [-0.2, -0.15) is 12.6 Å². The van der Waals surface area contributed by atoms with E-state index in [1.807, 2.05) is 4.90 Å². The highest BCUT2D eigenvalue weighted by molar-refractivity contribution is 7.80. The van der Waals surface area contributed by atoms with E-state index in [2.05, 4.69) is 19.6 Å². The van der Waals surface area contributed by atoms with Gasteiger partial charge in [-0.15, -0.1) is 0 Å². The molecule has 1 fully saturated rings. The highest BCUT2D eigenvalue weighted by Gasteiger charge is 2.34. The highest BCUT2D eigenvalue weighted by Crippen LogP contribution is 2.25. The quantitative estimate of drug-likeness (QED) is 0.505. The molecule has 0 aromatic heterocycles. The predicted octanol–water partition coefficient (Wildman–Crippen LogP) is 0.740. The fourth-order valence-corrected chi connectivity index (χ4v) is 2.29. The lowest BCUT2D eigenvalue weighted by molar-refractivity contribution is -0.128. The fourth-order valence-electron chi connectivity index (χ4n) is 1.73. The molecular weight excluding hydrogens is 169 g/mol. The Morgan fingerprint density at radius 1 is 1.75 bits per heavy atom. The molecule has 1 rings (SSSR count). The van der Waals surface area contributed by atoms with Gasteiger partial charge in [0.15, 0.2) is 0 Å². The molecule has 0 bridgehead atoms. The first-order valence-electron chi connectivity index (χ1n) is 4.31. The standard InChI is InChI=1S/C8H14BNOS/c1-6-4-8(11)10(3-2-9)7(6)5-12/h6-7,12H,2-5H2,1H3. The maximum Gasteiger partial charge on any atom is 0.223 e. The third kappa shape index (κ3) is 1.79. The Morgan fingerprint density at radius 2 is 2.42 bits per heavy atom. The number of amides is 1. The number of hydrogen-bond donors (Lipinski definition) is 1. The van der Waals surface area contributed by atoms with Gasteiger partial charge >= 0.3 is 0 Å². The van der Waals surface area contributed by atoms with Crippen LogP contribution < -0.4 is 0 Å². The van der Waals surface area contributed by atoms with E-state index in [4.69, 9.17) is 7.85 Å². The second-order valence-corrected chi connectivity index (χ2v) is 3.67. The Bertz CT molecular complexity index is 176. The summed E-state index contributed by atoms with van der Waals surface area (Å²) in [5.41, 5.74) is 0. The number of hydrogen-bond acceptors (Lipinski definition) is 2. The third-order valence-corrected chi connectivity index (χ3v) is 2.81. The number of carbonyl (C=O) groups excluding carboxylic acids is 1. The summed E-state index contributed by atoms with van der Waals surface area (Å²) in [6.07, 6.45) is 1.20. The van der Waals surface area contributed by atoms with E-state index < -0.39 is 0 Å². The molecule has 4 heteroatoms. The second kappa shape index (κ2) is 4.22. The van der Waals surface area contributed by atoms with Gasteiger partial charge in [-0.3, -0.25) is 4.79 Å². The van der Waals surface area contributed by atoms with E-state index in [9.17, 15) is 4.79 Å². The van der Waals surface area contributed by atoms with Crippen molar-refractivity contribution in [2.75, 3.05) is 12.3 Å². The van der Waals surface area contributed by atoms with Crippen LogP contribution in [0.15, 0.2) is 0 Å². The van der Waals surface area contributed by atoms with Crippen molar-refractivity contribution in [1.82, 2.24) is 4.90 Å². The first kappa shape index (κ1) is 9.97. The Labute approximate surface area is 80.5 Å². The smallest absolute Gasteiger partial charge is 0.223 e. The summed E-state index contributed by atoms with van der Waals surface area (Å²) in [5, 5.41) is 0. The number of nitrogens with zero attached hydrogens (tertiary/aromatic N) is 1. The van der Waals surface area contributed by atoms with Crippen molar-refractivity contribution in [1.29, 1.82) is 0 Å². The molecule has 1 heterocycles.